The van der Waals surface area contributed by atoms with E-state index in [0.717, 1.165) is 10.9 Å². The fourth-order valence-electron chi connectivity index (χ4n) is 4.32. The molecule has 0 aliphatic rings. The van der Waals surface area contributed by atoms with Crippen molar-refractivity contribution in [1.82, 2.24) is 14.3 Å². The van der Waals surface area contributed by atoms with Crippen LogP contribution in [0.5, 0.6) is 0 Å². The van der Waals surface area contributed by atoms with Gasteiger partial charge in [0.25, 0.3) is 0 Å². The zero-order chi connectivity index (χ0) is 25.2. The highest BCUT2D eigenvalue weighted by molar-refractivity contribution is 6.07. The number of benzene rings is 3. The fraction of sp³-hybridized carbons (Fsp3) is 0.138. The van der Waals surface area contributed by atoms with Crippen molar-refractivity contribution in [2.24, 2.45) is 0 Å². The quantitative estimate of drug-likeness (QED) is 0.304. The Bertz CT molecular complexity index is 1560. The van der Waals surface area contributed by atoms with Gasteiger partial charge in [-0.15, -0.1) is 0 Å². The van der Waals surface area contributed by atoms with Gasteiger partial charge in [-0.25, -0.2) is 14.3 Å². The average molecular weight is 480 g/mol. The molecule has 0 saturated carbocycles. The average Bonchev–Trinajstić information content (AvgIpc) is 3.51. The first-order valence-electron chi connectivity index (χ1n) is 11.5. The van der Waals surface area contributed by atoms with E-state index in [9.17, 15) is 9.59 Å². The van der Waals surface area contributed by atoms with Gasteiger partial charge < -0.3 is 14.0 Å². The van der Waals surface area contributed by atoms with Crippen LogP contribution in [0.3, 0.4) is 0 Å². The number of methoxy groups -OCH3 is 2. The van der Waals surface area contributed by atoms with Gasteiger partial charge in [0.15, 0.2) is 5.69 Å². The predicted octanol–water partition coefficient (Wildman–Crippen LogP) is 5.42. The highest BCUT2D eigenvalue weighted by Gasteiger charge is 2.31. The van der Waals surface area contributed by atoms with Crippen LogP contribution in [0, 0.1) is 6.92 Å². The minimum Gasteiger partial charge on any atom is -0.465 e. The number of fused-ring (bicyclic) bond motifs is 1. The van der Waals surface area contributed by atoms with E-state index in [-0.39, 0.29) is 11.3 Å². The number of hydrogen-bond donors (Lipinski definition) is 0. The molecule has 0 amide bonds. The van der Waals surface area contributed by atoms with Gasteiger partial charge in [0.05, 0.1) is 19.9 Å². The molecule has 2 aromatic heterocycles. The molecule has 0 saturated heterocycles. The molecular weight excluding hydrogens is 454 g/mol. The number of para-hydroxylation sites is 1. The van der Waals surface area contributed by atoms with E-state index in [4.69, 9.17) is 14.6 Å². The molecule has 0 spiro atoms. The van der Waals surface area contributed by atoms with Crippen molar-refractivity contribution in [3.8, 4) is 16.9 Å². The molecular formula is C29H25N3O4. The van der Waals surface area contributed by atoms with E-state index in [1.807, 2.05) is 42.6 Å². The third-order valence-electron chi connectivity index (χ3n) is 6.18. The van der Waals surface area contributed by atoms with Gasteiger partial charge >= 0.3 is 11.9 Å². The summed E-state index contributed by atoms with van der Waals surface area (Å²) in [5.41, 5.74) is 5.10. The van der Waals surface area contributed by atoms with Crippen LogP contribution in [-0.4, -0.2) is 40.5 Å². The van der Waals surface area contributed by atoms with Crippen LogP contribution in [0.15, 0.2) is 85.1 Å². The van der Waals surface area contributed by atoms with Gasteiger partial charge in [0.1, 0.15) is 11.3 Å². The standard InChI is InChI=1S/C29H25N3O4/c1-19-9-11-20(12-10-19)18-31-16-15-21-13-14-22(17-24(21)31)26-25(28(33)35-2)27(29(34)36-3)32(30-26)23-7-5-4-6-8-23/h4-17H,18H2,1-3H3. The number of carbonyl (C=O) groups excluding carboxylic acids is 2. The third-order valence-corrected chi connectivity index (χ3v) is 6.18. The Morgan fingerprint density at radius 3 is 2.28 bits per heavy atom. The van der Waals surface area contributed by atoms with Crippen LogP contribution in [-0.2, 0) is 16.0 Å². The Hall–Kier alpha value is -4.65. The molecule has 7 nitrogen and oxygen atoms in total. The Morgan fingerprint density at radius 1 is 0.861 bits per heavy atom. The van der Waals surface area contributed by atoms with Crippen LogP contribution in [0.2, 0.25) is 0 Å². The van der Waals surface area contributed by atoms with E-state index >= 15 is 0 Å². The number of ether oxygens (including phenoxy) is 2. The maximum absolute atomic E-state index is 13.0. The second-order valence-electron chi connectivity index (χ2n) is 8.51. The second-order valence-corrected chi connectivity index (χ2v) is 8.51. The van der Waals surface area contributed by atoms with E-state index in [2.05, 4.69) is 41.8 Å². The normalized spacial score (nSPS) is 11.0. The van der Waals surface area contributed by atoms with E-state index in [1.54, 1.807) is 12.1 Å². The molecule has 0 aliphatic carbocycles. The highest BCUT2D eigenvalue weighted by atomic mass is 16.5. The molecule has 180 valence electrons. The molecule has 0 radical (unpaired) electrons. The predicted molar refractivity (Wildman–Crippen MR) is 137 cm³/mol. The van der Waals surface area contributed by atoms with Crippen LogP contribution in [0.25, 0.3) is 27.8 Å². The van der Waals surface area contributed by atoms with Gasteiger partial charge in [-0.1, -0.05) is 60.2 Å². The summed E-state index contributed by atoms with van der Waals surface area (Å²) in [6.07, 6.45) is 2.04. The van der Waals surface area contributed by atoms with Crippen LogP contribution >= 0.6 is 0 Å². The molecule has 0 fully saturated rings. The number of hydrogen-bond acceptors (Lipinski definition) is 5. The lowest BCUT2D eigenvalue weighted by Gasteiger charge is -2.08. The summed E-state index contributed by atoms with van der Waals surface area (Å²) in [5.74, 6) is -1.34. The minimum atomic E-state index is -0.679. The summed E-state index contributed by atoms with van der Waals surface area (Å²) in [7, 11) is 2.55. The van der Waals surface area contributed by atoms with Crippen LogP contribution < -0.4 is 0 Å². The molecule has 3 aromatic carbocycles. The number of nitrogens with zero attached hydrogens (tertiary/aromatic N) is 3. The summed E-state index contributed by atoms with van der Waals surface area (Å²) in [5, 5.41) is 5.77. The fourth-order valence-corrected chi connectivity index (χ4v) is 4.32. The summed E-state index contributed by atoms with van der Waals surface area (Å²) in [6.45, 7) is 2.76. The Balaban J connectivity index is 1.69. The van der Waals surface area contributed by atoms with Crippen molar-refractivity contribution in [3.63, 3.8) is 0 Å². The Labute approximate surface area is 208 Å². The Morgan fingerprint density at radius 2 is 1.58 bits per heavy atom. The number of carbonyl (C=O) groups is 2. The molecule has 5 rings (SSSR count). The molecule has 2 heterocycles. The number of aromatic nitrogens is 3. The monoisotopic (exact) mass is 479 g/mol. The maximum Gasteiger partial charge on any atom is 0.357 e. The van der Waals surface area contributed by atoms with Gasteiger partial charge in [-0.05, 0) is 42.1 Å². The third kappa shape index (κ3) is 4.15. The molecule has 36 heavy (non-hydrogen) atoms. The first-order valence-corrected chi connectivity index (χ1v) is 11.5. The topological polar surface area (TPSA) is 75.4 Å². The zero-order valence-electron chi connectivity index (χ0n) is 20.3. The minimum absolute atomic E-state index is 0.0145. The molecule has 5 aromatic rings. The molecule has 0 unspecified atom stereocenters. The number of rotatable bonds is 6. The van der Waals surface area contributed by atoms with E-state index in [0.29, 0.717) is 23.5 Å². The molecule has 0 bridgehead atoms. The lowest BCUT2D eigenvalue weighted by atomic mass is 10.0. The molecule has 0 aliphatic heterocycles. The van der Waals surface area contributed by atoms with Crippen LogP contribution in [0.1, 0.15) is 32.0 Å². The summed E-state index contributed by atoms with van der Waals surface area (Å²) in [6, 6.07) is 25.5. The van der Waals surface area contributed by atoms with Crippen molar-refractivity contribution in [1.29, 1.82) is 0 Å². The smallest absolute Gasteiger partial charge is 0.357 e. The SMILES string of the molecule is COC(=O)c1c(-c2ccc3ccn(Cc4ccc(C)cc4)c3c2)nn(-c2ccccc2)c1C(=O)OC. The lowest BCUT2D eigenvalue weighted by Crippen LogP contribution is -2.15. The van der Waals surface area contributed by atoms with Gasteiger partial charge in [0.2, 0.25) is 0 Å². The van der Waals surface area contributed by atoms with Gasteiger partial charge in [0, 0.05) is 23.8 Å². The first-order chi connectivity index (χ1) is 17.5. The first kappa shape index (κ1) is 23.1. The van der Waals surface area contributed by atoms with E-state index in [1.165, 1.54) is 30.0 Å². The lowest BCUT2D eigenvalue weighted by molar-refractivity contribution is 0.0549. The van der Waals surface area contributed by atoms with Crippen molar-refractivity contribution < 1.29 is 19.1 Å². The largest absolute Gasteiger partial charge is 0.465 e. The van der Waals surface area contributed by atoms with E-state index < -0.39 is 11.9 Å². The van der Waals surface area contributed by atoms with Gasteiger partial charge in [-0.2, -0.15) is 5.10 Å². The maximum atomic E-state index is 13.0. The van der Waals surface area contributed by atoms with Gasteiger partial charge in [-0.3, -0.25) is 0 Å². The van der Waals surface area contributed by atoms with Crippen molar-refractivity contribution in [2.75, 3.05) is 14.2 Å². The van der Waals surface area contributed by atoms with Crippen molar-refractivity contribution >= 4 is 22.8 Å². The number of esters is 2. The molecule has 0 N–H and O–H groups in total. The van der Waals surface area contributed by atoms with Crippen molar-refractivity contribution in [2.45, 2.75) is 13.5 Å². The zero-order valence-corrected chi connectivity index (χ0v) is 20.3. The number of aryl methyl sites for hydroxylation is 1. The highest BCUT2D eigenvalue weighted by Crippen LogP contribution is 2.31. The molecule has 7 heteroatoms. The van der Waals surface area contributed by atoms with Crippen molar-refractivity contribution in [3.05, 3.63) is 107 Å². The Kier molecular flexibility index (Phi) is 6.12. The summed E-state index contributed by atoms with van der Waals surface area (Å²) >= 11 is 0. The van der Waals surface area contributed by atoms with Crippen LogP contribution in [0.4, 0.5) is 0 Å². The summed E-state index contributed by atoms with van der Waals surface area (Å²) in [4.78, 5) is 25.8. The molecule has 0 atom stereocenters. The summed E-state index contributed by atoms with van der Waals surface area (Å²) < 4.78 is 13.7. The second kappa shape index (κ2) is 9.54.